The molecule has 0 aliphatic carbocycles. The van der Waals surface area contributed by atoms with E-state index in [1.165, 1.54) is 0 Å². The van der Waals surface area contributed by atoms with Crippen LogP contribution in [0.1, 0.15) is 31.7 Å². The highest BCUT2D eigenvalue weighted by Crippen LogP contribution is 2.19. The molecule has 0 atom stereocenters. The number of nitrogens with zero attached hydrogens (tertiary/aromatic N) is 5. The highest BCUT2D eigenvalue weighted by molar-refractivity contribution is 5.80. The summed E-state index contributed by atoms with van der Waals surface area (Å²) < 4.78 is 10.5. The van der Waals surface area contributed by atoms with Gasteiger partial charge in [-0.25, -0.2) is 4.79 Å². The zero-order valence-corrected chi connectivity index (χ0v) is 17.9. The van der Waals surface area contributed by atoms with Crippen molar-refractivity contribution < 1.29 is 14.1 Å². The van der Waals surface area contributed by atoms with E-state index in [9.17, 15) is 4.79 Å². The van der Waals surface area contributed by atoms with Gasteiger partial charge in [-0.1, -0.05) is 24.2 Å². The zero-order valence-electron chi connectivity index (χ0n) is 17.9. The number of piperazine rings is 1. The molecule has 0 unspecified atom stereocenters. The molecule has 2 aromatic rings. The Morgan fingerprint density at radius 3 is 2.70 bits per heavy atom. The number of hydrogen-bond acceptors (Lipinski definition) is 6. The predicted octanol–water partition coefficient (Wildman–Crippen LogP) is 2.54. The third-order valence-corrected chi connectivity index (χ3v) is 4.88. The molecule has 9 heteroatoms. The molecular formula is C21H30N6O3. The highest BCUT2D eigenvalue weighted by atomic mass is 16.6. The number of aromatic nitrogens is 2. The van der Waals surface area contributed by atoms with Gasteiger partial charge in [0.05, 0.1) is 6.61 Å². The molecule has 3 rings (SSSR count). The van der Waals surface area contributed by atoms with Crippen LogP contribution in [0.25, 0.3) is 11.5 Å². The lowest BCUT2D eigenvalue weighted by atomic mass is 10.1. The minimum Gasteiger partial charge on any atom is -0.450 e. The van der Waals surface area contributed by atoms with E-state index in [0.29, 0.717) is 45.2 Å². The average molecular weight is 415 g/mol. The van der Waals surface area contributed by atoms with E-state index in [1.54, 1.807) is 11.9 Å². The number of amides is 1. The topological polar surface area (TPSA) is 96.1 Å². The normalized spacial score (nSPS) is 14.7. The van der Waals surface area contributed by atoms with Crippen molar-refractivity contribution in [3.8, 4) is 11.5 Å². The lowest BCUT2D eigenvalue weighted by molar-refractivity contribution is 0.0914. The number of aryl methyl sites for hydroxylation is 1. The Bertz CT molecular complexity index is 858. The lowest BCUT2D eigenvalue weighted by Crippen LogP contribution is -2.53. The molecule has 0 bridgehead atoms. The molecule has 1 fully saturated rings. The summed E-state index contributed by atoms with van der Waals surface area (Å²) in [5.74, 6) is 2.09. The number of aliphatic imine (C=N–C) groups is 1. The number of hydrogen-bond donors (Lipinski definition) is 1. The van der Waals surface area contributed by atoms with E-state index in [-0.39, 0.29) is 6.09 Å². The summed E-state index contributed by atoms with van der Waals surface area (Å²) in [6.07, 6.45) is 1.54. The summed E-state index contributed by atoms with van der Waals surface area (Å²) in [5.41, 5.74) is 2.00. The van der Waals surface area contributed by atoms with Crippen LogP contribution in [-0.4, -0.2) is 71.8 Å². The van der Waals surface area contributed by atoms with Gasteiger partial charge < -0.3 is 24.4 Å². The van der Waals surface area contributed by atoms with Crippen LogP contribution in [-0.2, 0) is 17.7 Å². The Balaban J connectivity index is 1.56. The van der Waals surface area contributed by atoms with Crippen molar-refractivity contribution in [1.29, 1.82) is 0 Å². The molecule has 1 aromatic carbocycles. The van der Waals surface area contributed by atoms with Crippen LogP contribution in [0.3, 0.4) is 0 Å². The minimum atomic E-state index is -0.250. The van der Waals surface area contributed by atoms with Gasteiger partial charge in [0.2, 0.25) is 0 Å². The standard InChI is InChI=1S/C21H30N6O3/c1-4-7-18-24-19(30-25-18)17-9-6-8-16(14-17)15-23-20(22-3)26-10-12-27(13-11-26)21(28)29-5-2/h6,8-9,14H,4-5,7,10-13,15H2,1-3H3,(H,22,23). The molecule has 0 radical (unpaired) electrons. The first-order chi connectivity index (χ1) is 14.6. The van der Waals surface area contributed by atoms with Crippen LogP contribution in [0.4, 0.5) is 4.79 Å². The molecule has 1 N–H and O–H groups in total. The molecule has 1 amide bonds. The predicted molar refractivity (Wildman–Crippen MR) is 114 cm³/mol. The molecule has 2 heterocycles. The van der Waals surface area contributed by atoms with Gasteiger partial charge in [-0.2, -0.15) is 4.98 Å². The summed E-state index contributed by atoms with van der Waals surface area (Å²) in [5, 5.41) is 7.43. The highest BCUT2D eigenvalue weighted by Gasteiger charge is 2.23. The maximum atomic E-state index is 11.9. The zero-order chi connectivity index (χ0) is 21.3. The quantitative estimate of drug-likeness (QED) is 0.573. The second-order valence-corrected chi connectivity index (χ2v) is 7.04. The van der Waals surface area contributed by atoms with Crippen LogP contribution in [0, 0.1) is 0 Å². The second-order valence-electron chi connectivity index (χ2n) is 7.04. The van der Waals surface area contributed by atoms with E-state index in [0.717, 1.165) is 35.8 Å². The van der Waals surface area contributed by atoms with Crippen molar-refractivity contribution in [3.05, 3.63) is 35.7 Å². The summed E-state index contributed by atoms with van der Waals surface area (Å²) in [4.78, 5) is 24.6. The van der Waals surface area contributed by atoms with Gasteiger partial charge >= 0.3 is 6.09 Å². The van der Waals surface area contributed by atoms with Gasteiger partial charge in [0.15, 0.2) is 11.8 Å². The fourth-order valence-corrected chi connectivity index (χ4v) is 3.34. The molecule has 0 saturated carbocycles. The van der Waals surface area contributed by atoms with Crippen molar-refractivity contribution in [2.45, 2.75) is 33.2 Å². The van der Waals surface area contributed by atoms with Gasteiger partial charge in [0.1, 0.15) is 0 Å². The Morgan fingerprint density at radius 1 is 1.23 bits per heavy atom. The van der Waals surface area contributed by atoms with Crippen LogP contribution >= 0.6 is 0 Å². The Hall–Kier alpha value is -3.10. The molecule has 1 aliphatic rings. The SMILES string of the molecule is CCCc1noc(-c2cccc(CNC(=NC)N3CCN(C(=O)OCC)CC3)c2)n1. The number of benzene rings is 1. The maximum Gasteiger partial charge on any atom is 0.409 e. The Morgan fingerprint density at radius 2 is 2.00 bits per heavy atom. The molecule has 1 aromatic heterocycles. The largest absolute Gasteiger partial charge is 0.450 e. The first-order valence-electron chi connectivity index (χ1n) is 10.4. The molecule has 1 saturated heterocycles. The number of ether oxygens (including phenoxy) is 1. The van der Waals surface area contributed by atoms with Crippen LogP contribution in [0.2, 0.25) is 0 Å². The van der Waals surface area contributed by atoms with Crippen molar-refractivity contribution in [2.75, 3.05) is 39.8 Å². The fraction of sp³-hybridized carbons (Fsp3) is 0.524. The summed E-state index contributed by atoms with van der Waals surface area (Å²) in [7, 11) is 1.77. The first kappa shape index (κ1) is 21.6. The van der Waals surface area contributed by atoms with E-state index in [4.69, 9.17) is 9.26 Å². The summed E-state index contributed by atoms with van der Waals surface area (Å²) in [6.45, 7) is 7.57. The second kappa shape index (κ2) is 10.6. The van der Waals surface area contributed by atoms with Crippen molar-refractivity contribution in [2.24, 2.45) is 4.99 Å². The fourth-order valence-electron chi connectivity index (χ4n) is 3.34. The maximum absolute atomic E-state index is 11.9. The molecule has 162 valence electrons. The van der Waals surface area contributed by atoms with Gasteiger partial charge in [-0.15, -0.1) is 0 Å². The first-order valence-corrected chi connectivity index (χ1v) is 10.4. The van der Waals surface area contributed by atoms with Gasteiger partial charge in [0.25, 0.3) is 5.89 Å². The van der Waals surface area contributed by atoms with Gasteiger partial charge in [-0.05, 0) is 31.0 Å². The smallest absolute Gasteiger partial charge is 0.409 e. The monoisotopic (exact) mass is 414 g/mol. The molecule has 1 aliphatic heterocycles. The third kappa shape index (κ3) is 5.49. The molecule has 9 nitrogen and oxygen atoms in total. The van der Waals surface area contributed by atoms with Crippen LogP contribution < -0.4 is 5.32 Å². The van der Waals surface area contributed by atoms with E-state index >= 15 is 0 Å². The average Bonchev–Trinajstić information content (AvgIpc) is 3.24. The number of nitrogens with one attached hydrogen (secondary N) is 1. The molecule has 30 heavy (non-hydrogen) atoms. The van der Waals surface area contributed by atoms with Crippen LogP contribution in [0.5, 0.6) is 0 Å². The molecule has 0 spiro atoms. The Labute approximate surface area is 177 Å². The number of rotatable bonds is 6. The van der Waals surface area contributed by atoms with Crippen molar-refractivity contribution in [3.63, 3.8) is 0 Å². The Kier molecular flexibility index (Phi) is 7.64. The third-order valence-electron chi connectivity index (χ3n) is 4.88. The van der Waals surface area contributed by atoms with Gasteiger partial charge in [0, 0.05) is 51.8 Å². The van der Waals surface area contributed by atoms with Crippen LogP contribution in [0.15, 0.2) is 33.8 Å². The minimum absolute atomic E-state index is 0.250. The number of carbonyl (C=O) groups is 1. The van der Waals surface area contributed by atoms with Crippen molar-refractivity contribution in [1.82, 2.24) is 25.3 Å². The number of carbonyl (C=O) groups excluding carboxylic acids is 1. The van der Waals surface area contributed by atoms with E-state index in [2.05, 4.69) is 32.3 Å². The summed E-state index contributed by atoms with van der Waals surface area (Å²) in [6, 6.07) is 8.04. The lowest BCUT2D eigenvalue weighted by Gasteiger charge is -2.35. The number of guanidine groups is 1. The van der Waals surface area contributed by atoms with E-state index in [1.807, 2.05) is 31.2 Å². The van der Waals surface area contributed by atoms with E-state index < -0.39 is 0 Å². The summed E-state index contributed by atoms with van der Waals surface area (Å²) >= 11 is 0. The van der Waals surface area contributed by atoms with Crippen molar-refractivity contribution >= 4 is 12.1 Å². The van der Waals surface area contributed by atoms with Gasteiger partial charge in [-0.3, -0.25) is 4.99 Å². The molecular weight excluding hydrogens is 384 g/mol.